The van der Waals surface area contributed by atoms with Crippen LogP contribution in [0.2, 0.25) is 0 Å². The van der Waals surface area contributed by atoms with Crippen molar-refractivity contribution in [2.24, 2.45) is 0 Å². The predicted molar refractivity (Wildman–Crippen MR) is 132 cm³/mol. The van der Waals surface area contributed by atoms with E-state index in [-0.39, 0.29) is 11.1 Å². The Hall–Kier alpha value is -1.48. The molecule has 2 fully saturated rings. The molecule has 196 valence electrons. The number of carbonyl (C=O) groups excluding carboxylic acids is 2. The summed E-state index contributed by atoms with van der Waals surface area (Å²) in [5.41, 5.74) is -1.66. The van der Waals surface area contributed by atoms with Crippen LogP contribution in [0, 0.1) is 0 Å². The molecule has 0 aromatic carbocycles. The Bertz CT molecular complexity index is 657. The maximum atomic E-state index is 12.5. The summed E-state index contributed by atoms with van der Waals surface area (Å²) < 4.78 is 22.3. The number of carbonyl (C=O) groups is 2. The fourth-order valence-corrected chi connectivity index (χ4v) is 5.47. The van der Waals surface area contributed by atoms with Crippen LogP contribution in [-0.4, -0.2) is 96.6 Å². The fourth-order valence-electron chi connectivity index (χ4n) is 5.47. The molecule has 2 rings (SSSR count). The van der Waals surface area contributed by atoms with Crippen molar-refractivity contribution in [1.82, 2.24) is 9.80 Å². The monoisotopic (exact) mass is 482 g/mol. The maximum absolute atomic E-state index is 12.5. The van der Waals surface area contributed by atoms with Crippen LogP contribution in [0.3, 0.4) is 0 Å². The molecule has 2 heterocycles. The van der Waals surface area contributed by atoms with Crippen molar-refractivity contribution in [2.75, 3.05) is 52.6 Å². The summed E-state index contributed by atoms with van der Waals surface area (Å²) in [4.78, 5) is 29.6. The van der Waals surface area contributed by atoms with Gasteiger partial charge in [0.05, 0.1) is 26.4 Å². The minimum Gasteiger partial charge on any atom is -0.456 e. The van der Waals surface area contributed by atoms with Gasteiger partial charge in [-0.2, -0.15) is 0 Å². The Kier molecular flexibility index (Phi) is 9.73. The second-order valence-electron chi connectivity index (χ2n) is 11.9. The first-order chi connectivity index (χ1) is 15.6. The Morgan fingerprint density at radius 1 is 0.647 bits per heavy atom. The first-order valence-electron chi connectivity index (χ1n) is 12.4. The van der Waals surface area contributed by atoms with Gasteiger partial charge in [0, 0.05) is 62.3 Å². The van der Waals surface area contributed by atoms with Gasteiger partial charge in [-0.1, -0.05) is 0 Å². The van der Waals surface area contributed by atoms with E-state index in [1.165, 1.54) is 0 Å². The summed E-state index contributed by atoms with van der Waals surface area (Å²) in [6.07, 6.45) is 3.64. The molecule has 0 atom stereocenters. The molecule has 2 aliphatic rings. The highest BCUT2D eigenvalue weighted by molar-refractivity contribution is 5.92. The summed E-state index contributed by atoms with van der Waals surface area (Å²) in [6.45, 7) is 22.5. The molecule has 0 bridgehead atoms. The lowest BCUT2D eigenvalue weighted by Crippen LogP contribution is -2.53. The van der Waals surface area contributed by atoms with Gasteiger partial charge in [0.2, 0.25) is 0 Å². The summed E-state index contributed by atoms with van der Waals surface area (Å²) in [7, 11) is 0. The molecule has 2 aliphatic heterocycles. The molecule has 0 spiro atoms. The molecule has 0 unspecified atom stereocenters. The Morgan fingerprint density at radius 2 is 0.941 bits per heavy atom. The zero-order chi connectivity index (χ0) is 25.6. The highest BCUT2D eigenvalue weighted by atomic mass is 16.6. The normalized spacial score (nSPS) is 19.9. The molecule has 0 aliphatic carbocycles. The van der Waals surface area contributed by atoms with E-state index >= 15 is 0 Å². The second-order valence-corrected chi connectivity index (χ2v) is 11.9. The minimum absolute atomic E-state index is 0.145. The van der Waals surface area contributed by atoms with Crippen molar-refractivity contribution < 1.29 is 28.5 Å². The van der Waals surface area contributed by atoms with Crippen LogP contribution >= 0.6 is 0 Å². The number of morpholine rings is 2. The number of nitrogens with zero attached hydrogens (tertiary/aromatic N) is 2. The van der Waals surface area contributed by atoms with Crippen molar-refractivity contribution >= 4 is 11.9 Å². The molecule has 0 radical (unpaired) electrons. The lowest BCUT2D eigenvalue weighted by molar-refractivity contribution is -0.157. The maximum Gasteiger partial charge on any atom is 0.331 e. The van der Waals surface area contributed by atoms with Gasteiger partial charge in [0.25, 0.3) is 0 Å². The third-order valence-corrected chi connectivity index (χ3v) is 6.56. The van der Waals surface area contributed by atoms with Crippen molar-refractivity contribution in [3.8, 4) is 0 Å². The number of ether oxygens (including phenoxy) is 4. The molecule has 8 heteroatoms. The van der Waals surface area contributed by atoms with Gasteiger partial charge in [-0.05, 0) is 55.4 Å². The van der Waals surface area contributed by atoms with Crippen LogP contribution in [0.5, 0.6) is 0 Å². The molecule has 34 heavy (non-hydrogen) atoms. The Morgan fingerprint density at radius 3 is 1.24 bits per heavy atom. The van der Waals surface area contributed by atoms with Gasteiger partial charge in [-0.25, -0.2) is 9.59 Å². The Labute approximate surface area is 205 Å². The summed E-state index contributed by atoms with van der Waals surface area (Å²) in [5, 5.41) is 0. The highest BCUT2D eigenvalue weighted by Gasteiger charge is 2.37. The SMILES string of the molecule is CC(C)(CC(C)(C)N1CCOCC1)OC(=O)/C=C/C(=O)OC(C)(C)CC(C)(C)N1CCOCC1. The average molecular weight is 483 g/mol. The predicted octanol–water partition coefficient (Wildman–Crippen LogP) is 3.19. The molecule has 2 saturated heterocycles. The van der Waals surface area contributed by atoms with E-state index in [2.05, 4.69) is 37.5 Å². The molecular weight excluding hydrogens is 436 g/mol. The third kappa shape index (κ3) is 9.29. The second kappa shape index (κ2) is 11.5. The fraction of sp³-hybridized carbons (Fsp3) is 0.846. The quantitative estimate of drug-likeness (QED) is 0.347. The summed E-state index contributed by atoms with van der Waals surface area (Å²) in [5.74, 6) is -1.10. The third-order valence-electron chi connectivity index (χ3n) is 6.56. The minimum atomic E-state index is -0.686. The van der Waals surface area contributed by atoms with Crippen LogP contribution in [0.15, 0.2) is 12.2 Å². The van der Waals surface area contributed by atoms with Gasteiger partial charge < -0.3 is 18.9 Å². The lowest BCUT2D eigenvalue weighted by atomic mass is 9.87. The van der Waals surface area contributed by atoms with Crippen molar-refractivity contribution in [2.45, 2.75) is 90.5 Å². The van der Waals surface area contributed by atoms with E-state index in [9.17, 15) is 9.59 Å². The number of rotatable bonds is 10. The van der Waals surface area contributed by atoms with Gasteiger partial charge in [-0.3, -0.25) is 9.80 Å². The van der Waals surface area contributed by atoms with Crippen LogP contribution in [0.4, 0.5) is 0 Å². The topological polar surface area (TPSA) is 77.5 Å². The highest BCUT2D eigenvalue weighted by Crippen LogP contribution is 2.30. The van der Waals surface area contributed by atoms with Crippen molar-refractivity contribution in [3.63, 3.8) is 0 Å². The molecule has 8 nitrogen and oxygen atoms in total. The first-order valence-corrected chi connectivity index (χ1v) is 12.4. The number of esters is 2. The van der Waals surface area contributed by atoms with Crippen molar-refractivity contribution in [1.29, 1.82) is 0 Å². The van der Waals surface area contributed by atoms with E-state index in [1.54, 1.807) is 0 Å². The molecule has 0 N–H and O–H groups in total. The lowest BCUT2D eigenvalue weighted by Gasteiger charge is -2.44. The van der Waals surface area contributed by atoms with Gasteiger partial charge >= 0.3 is 11.9 Å². The summed E-state index contributed by atoms with van der Waals surface area (Å²) in [6, 6.07) is 0. The van der Waals surface area contributed by atoms with E-state index in [0.29, 0.717) is 39.3 Å². The number of hydrogen-bond acceptors (Lipinski definition) is 8. The van der Waals surface area contributed by atoms with Crippen LogP contribution in [0.1, 0.15) is 68.2 Å². The smallest absolute Gasteiger partial charge is 0.331 e. The molecule has 0 saturated carbocycles. The van der Waals surface area contributed by atoms with Gasteiger partial charge in [0.1, 0.15) is 11.2 Å². The van der Waals surface area contributed by atoms with Gasteiger partial charge in [-0.15, -0.1) is 0 Å². The standard InChI is InChI=1S/C26H46N2O6/c1-23(2,27-11-15-31-16-12-27)19-25(5,6)33-21(29)9-10-22(30)34-26(7,8)20-24(3,4)28-13-17-32-18-14-28/h9-10H,11-20H2,1-8H3/b10-9+. The van der Waals surface area contributed by atoms with Crippen molar-refractivity contribution in [3.05, 3.63) is 12.2 Å². The van der Waals surface area contributed by atoms with Crippen LogP contribution < -0.4 is 0 Å². The van der Waals surface area contributed by atoms with Crippen LogP contribution in [-0.2, 0) is 28.5 Å². The molecule has 0 aromatic rings. The van der Waals surface area contributed by atoms with Crippen LogP contribution in [0.25, 0.3) is 0 Å². The number of hydrogen-bond donors (Lipinski definition) is 0. The van der Waals surface area contributed by atoms with Gasteiger partial charge in [0.15, 0.2) is 0 Å². The molecular formula is C26H46N2O6. The van der Waals surface area contributed by atoms with E-state index in [0.717, 1.165) is 38.3 Å². The zero-order valence-corrected chi connectivity index (χ0v) is 22.6. The zero-order valence-electron chi connectivity index (χ0n) is 22.6. The summed E-state index contributed by atoms with van der Waals surface area (Å²) >= 11 is 0. The van der Waals surface area contributed by atoms with E-state index in [4.69, 9.17) is 18.9 Å². The molecule has 0 aromatic heterocycles. The van der Waals surface area contributed by atoms with E-state index < -0.39 is 23.1 Å². The average Bonchev–Trinajstić information content (AvgIpc) is 2.71. The molecule has 0 amide bonds. The largest absolute Gasteiger partial charge is 0.456 e. The van der Waals surface area contributed by atoms with E-state index in [1.807, 2.05) is 27.7 Å². The Balaban J connectivity index is 1.86. The first kappa shape index (κ1) is 28.8.